The van der Waals surface area contributed by atoms with E-state index in [4.69, 9.17) is 4.79 Å². The van der Waals surface area contributed by atoms with E-state index in [0.29, 0.717) is 21.2 Å². The standard InChI is InChI=1S/C20H27F2N7OS2.C2HF3O/c1-4-5-13(2)26-32(30)14-10-15(28-8-6-27(3)7-9-28)18-23-11-16(29(18)12-14)19-24-25-20(31-19)17(21)22;3-2(4,5)1-6/h10-13,17,26H,4-9H2,1-3H3;1H. The molecule has 1 N–H and O–H groups in total. The fourth-order valence-corrected chi connectivity index (χ4v) is 5.50. The van der Waals surface area contributed by atoms with E-state index >= 15 is 0 Å². The molecule has 1 aliphatic rings. The van der Waals surface area contributed by atoms with Crippen LogP contribution in [0.15, 0.2) is 23.4 Å². The summed E-state index contributed by atoms with van der Waals surface area (Å²) in [5, 5.41) is 7.58. The molecular weight excluding hydrogens is 553 g/mol. The minimum absolute atomic E-state index is 0.0997. The number of imidazole rings is 1. The maximum absolute atomic E-state index is 13.1. The van der Waals surface area contributed by atoms with Gasteiger partial charge in [-0.05, 0) is 26.5 Å². The fourth-order valence-electron chi connectivity index (χ4n) is 3.75. The summed E-state index contributed by atoms with van der Waals surface area (Å²) in [5.41, 5.74) is 2.11. The van der Waals surface area contributed by atoms with E-state index in [-0.39, 0.29) is 11.0 Å². The topological polar surface area (TPSA) is 95.7 Å². The Labute approximate surface area is 222 Å². The Hall–Kier alpha value is -2.56. The summed E-state index contributed by atoms with van der Waals surface area (Å²) >= 11 is 0.842. The van der Waals surface area contributed by atoms with Crippen LogP contribution < -0.4 is 9.62 Å². The number of fused-ring (bicyclic) bond motifs is 1. The number of likely N-dealkylation sites (N-methyl/N-ethyl adjacent to an activating group) is 1. The largest absolute Gasteiger partial charge is 0.446 e. The first-order valence-electron chi connectivity index (χ1n) is 11.7. The molecule has 3 aromatic rings. The van der Waals surface area contributed by atoms with Crippen molar-refractivity contribution in [1.82, 2.24) is 29.2 Å². The minimum Gasteiger partial charge on any atom is -0.366 e. The van der Waals surface area contributed by atoms with Gasteiger partial charge in [0.25, 0.3) is 6.43 Å². The number of carbonyl (C=O) groups is 1. The number of nitrogens with one attached hydrogen (secondary N) is 1. The number of rotatable bonds is 8. The minimum atomic E-state index is -4.64. The van der Waals surface area contributed by atoms with Crippen molar-refractivity contribution in [1.29, 1.82) is 0 Å². The highest BCUT2D eigenvalue weighted by molar-refractivity contribution is 7.83. The number of aromatic nitrogens is 4. The molecule has 2 atom stereocenters. The molecule has 1 saturated heterocycles. The van der Waals surface area contributed by atoms with Crippen molar-refractivity contribution in [2.75, 3.05) is 38.1 Å². The van der Waals surface area contributed by atoms with Crippen molar-refractivity contribution in [2.24, 2.45) is 0 Å². The molecule has 0 amide bonds. The zero-order valence-corrected chi connectivity index (χ0v) is 22.5. The van der Waals surface area contributed by atoms with Crippen LogP contribution in [0.4, 0.5) is 27.6 Å². The quantitative estimate of drug-likeness (QED) is 0.316. The lowest BCUT2D eigenvalue weighted by molar-refractivity contribution is -0.156. The summed E-state index contributed by atoms with van der Waals surface area (Å²) in [6.07, 6.45) is -3.10. The monoisotopic (exact) mass is 581 g/mol. The smallest absolute Gasteiger partial charge is 0.366 e. The van der Waals surface area contributed by atoms with Crippen LogP contribution >= 0.6 is 11.3 Å². The predicted octanol–water partition coefficient (Wildman–Crippen LogP) is 4.09. The molecule has 16 heteroatoms. The Kier molecular flexibility index (Phi) is 10.3. The number of pyridine rings is 1. The van der Waals surface area contributed by atoms with E-state index in [0.717, 1.165) is 56.0 Å². The maximum atomic E-state index is 13.1. The molecule has 0 radical (unpaired) electrons. The lowest BCUT2D eigenvalue weighted by Crippen LogP contribution is -2.44. The lowest BCUT2D eigenvalue weighted by atomic mass is 10.2. The van der Waals surface area contributed by atoms with E-state index in [9.17, 15) is 26.2 Å². The van der Waals surface area contributed by atoms with Crippen LogP contribution in [-0.2, 0) is 15.8 Å². The summed E-state index contributed by atoms with van der Waals surface area (Å²) in [6, 6.07) is 2.02. The van der Waals surface area contributed by atoms with Gasteiger partial charge in [-0.1, -0.05) is 24.7 Å². The number of aldehydes is 1. The van der Waals surface area contributed by atoms with Crippen molar-refractivity contribution >= 4 is 39.9 Å². The van der Waals surface area contributed by atoms with E-state index in [1.165, 1.54) is 0 Å². The Bertz CT molecular complexity index is 1240. The SMILES string of the molecule is CCCC(C)NS(=O)c1cc(N2CCN(C)CC2)c2ncc(-c3nnc(C(F)F)s3)n2c1.O=CC(F)(F)F. The van der Waals surface area contributed by atoms with Gasteiger partial charge in [-0.15, -0.1) is 10.2 Å². The van der Waals surface area contributed by atoms with Gasteiger partial charge in [-0.25, -0.2) is 22.7 Å². The van der Waals surface area contributed by atoms with Gasteiger partial charge < -0.3 is 9.80 Å². The van der Waals surface area contributed by atoms with Gasteiger partial charge in [0.05, 0.1) is 16.8 Å². The summed E-state index contributed by atoms with van der Waals surface area (Å²) in [4.78, 5) is 18.4. The Morgan fingerprint density at radius 2 is 1.87 bits per heavy atom. The Balaban J connectivity index is 0.000000599. The molecule has 3 aromatic heterocycles. The molecule has 0 bridgehead atoms. The first-order valence-corrected chi connectivity index (χ1v) is 13.7. The Morgan fingerprint density at radius 3 is 2.42 bits per heavy atom. The number of anilines is 1. The first-order chi connectivity index (χ1) is 17.9. The average Bonchev–Trinajstić information content (AvgIpc) is 3.51. The number of hydrogen-bond acceptors (Lipinski definition) is 8. The number of alkyl halides is 5. The van der Waals surface area contributed by atoms with Gasteiger partial charge in [0.2, 0.25) is 6.29 Å². The Morgan fingerprint density at radius 1 is 1.21 bits per heavy atom. The predicted molar refractivity (Wildman–Crippen MR) is 135 cm³/mol. The van der Waals surface area contributed by atoms with Gasteiger partial charge in [0, 0.05) is 38.4 Å². The second-order valence-electron chi connectivity index (χ2n) is 8.67. The molecule has 4 rings (SSSR count). The van der Waals surface area contributed by atoms with Gasteiger partial charge in [0.15, 0.2) is 15.7 Å². The van der Waals surface area contributed by atoms with E-state index in [1.54, 1.807) is 16.8 Å². The van der Waals surface area contributed by atoms with Gasteiger partial charge >= 0.3 is 6.18 Å². The van der Waals surface area contributed by atoms with E-state index in [1.807, 2.05) is 13.0 Å². The summed E-state index contributed by atoms with van der Waals surface area (Å²) in [7, 11) is 0.652. The molecule has 0 aromatic carbocycles. The van der Waals surface area contributed by atoms with Crippen LogP contribution in [0, 0.1) is 0 Å². The van der Waals surface area contributed by atoms with E-state index in [2.05, 4.69) is 43.7 Å². The molecule has 210 valence electrons. The molecule has 9 nitrogen and oxygen atoms in total. The molecule has 4 heterocycles. The maximum Gasteiger partial charge on any atom is 0.446 e. The van der Waals surface area contributed by atoms with Crippen molar-refractivity contribution in [3.05, 3.63) is 23.5 Å². The first kappa shape index (κ1) is 30.0. The van der Waals surface area contributed by atoms with E-state index < -0.39 is 29.9 Å². The fraction of sp³-hybridized carbons (Fsp3) is 0.545. The van der Waals surface area contributed by atoms with Crippen LogP contribution in [0.2, 0.25) is 0 Å². The van der Waals surface area contributed by atoms with Crippen LogP contribution in [0.5, 0.6) is 0 Å². The normalized spacial score (nSPS) is 16.4. The molecule has 1 aliphatic heterocycles. The lowest BCUT2D eigenvalue weighted by Gasteiger charge is -2.34. The summed E-state index contributed by atoms with van der Waals surface area (Å²) in [6.45, 7) is 7.56. The van der Waals surface area contributed by atoms with Crippen molar-refractivity contribution in [2.45, 2.75) is 50.2 Å². The number of nitrogens with zero attached hydrogens (tertiary/aromatic N) is 6. The molecule has 0 spiro atoms. The zero-order chi connectivity index (χ0) is 28.0. The highest BCUT2D eigenvalue weighted by Crippen LogP contribution is 2.33. The molecule has 0 saturated carbocycles. The highest BCUT2D eigenvalue weighted by atomic mass is 32.2. The molecule has 38 heavy (non-hydrogen) atoms. The highest BCUT2D eigenvalue weighted by Gasteiger charge is 2.25. The van der Waals surface area contributed by atoms with Gasteiger partial charge in [0.1, 0.15) is 16.7 Å². The molecule has 1 fully saturated rings. The van der Waals surface area contributed by atoms with Gasteiger partial charge in [-0.3, -0.25) is 9.20 Å². The number of piperazine rings is 1. The van der Waals surface area contributed by atoms with Crippen LogP contribution in [0.1, 0.15) is 38.1 Å². The molecule has 2 unspecified atom stereocenters. The third-order valence-electron chi connectivity index (χ3n) is 5.63. The van der Waals surface area contributed by atoms with Crippen LogP contribution in [-0.4, -0.2) is 80.4 Å². The third kappa shape index (κ3) is 7.74. The average molecular weight is 582 g/mol. The van der Waals surface area contributed by atoms with Gasteiger partial charge in [-0.2, -0.15) is 13.2 Å². The summed E-state index contributed by atoms with van der Waals surface area (Å²) in [5.74, 6) is 0. The second kappa shape index (κ2) is 13.0. The summed E-state index contributed by atoms with van der Waals surface area (Å²) < 4.78 is 75.4. The number of carbonyl (C=O) groups excluding carboxylic acids is 1. The van der Waals surface area contributed by atoms with Crippen LogP contribution in [0.25, 0.3) is 16.3 Å². The van der Waals surface area contributed by atoms with Crippen molar-refractivity contribution in [3.63, 3.8) is 0 Å². The molecular formula is C22H28F5N7O2S2. The molecule has 0 aliphatic carbocycles. The second-order valence-corrected chi connectivity index (χ2v) is 10.9. The van der Waals surface area contributed by atoms with Crippen molar-refractivity contribution in [3.8, 4) is 10.7 Å². The number of hydrogen-bond donors (Lipinski definition) is 1. The third-order valence-corrected chi connectivity index (χ3v) is 7.85. The number of halogens is 5. The zero-order valence-electron chi connectivity index (χ0n) is 20.9. The van der Waals surface area contributed by atoms with Crippen LogP contribution in [0.3, 0.4) is 0 Å². The van der Waals surface area contributed by atoms with Crippen molar-refractivity contribution < 1.29 is 31.0 Å².